The second-order valence-electron chi connectivity index (χ2n) is 7.97. The van der Waals surface area contributed by atoms with Crippen molar-refractivity contribution in [1.29, 1.82) is 0 Å². The van der Waals surface area contributed by atoms with Crippen LogP contribution in [0.25, 0.3) is 0 Å². The molecule has 0 radical (unpaired) electrons. The number of hydrogen-bond donors (Lipinski definition) is 2. The van der Waals surface area contributed by atoms with Crippen molar-refractivity contribution in [1.82, 2.24) is 4.90 Å². The highest BCUT2D eigenvalue weighted by Crippen LogP contribution is 2.26. The Bertz CT molecular complexity index is 909. The first-order valence-electron chi connectivity index (χ1n) is 10.1. The number of sulfonamides is 1. The summed E-state index contributed by atoms with van der Waals surface area (Å²) in [6, 6.07) is 13.2. The van der Waals surface area contributed by atoms with Crippen LogP contribution >= 0.6 is 0 Å². The Morgan fingerprint density at radius 3 is 2.33 bits per heavy atom. The highest BCUT2D eigenvalue weighted by molar-refractivity contribution is 7.92. The third-order valence-corrected chi connectivity index (χ3v) is 5.88. The van der Waals surface area contributed by atoms with Crippen molar-refractivity contribution < 1.29 is 22.7 Å². The fourth-order valence-electron chi connectivity index (χ4n) is 3.66. The van der Waals surface area contributed by atoms with E-state index in [2.05, 4.69) is 9.62 Å². The van der Waals surface area contributed by atoms with Gasteiger partial charge in [-0.05, 0) is 61.2 Å². The predicted octanol–water partition coefficient (Wildman–Crippen LogP) is 3.04. The maximum absolute atomic E-state index is 13.0. The van der Waals surface area contributed by atoms with Crippen molar-refractivity contribution in [3.8, 4) is 5.75 Å². The van der Waals surface area contributed by atoms with Crippen LogP contribution in [-0.4, -0.2) is 56.5 Å². The average Bonchev–Trinajstić information content (AvgIpc) is 2.69. The number of hydrogen-bond acceptors (Lipinski definition) is 5. The van der Waals surface area contributed by atoms with Gasteiger partial charge in [-0.15, -0.1) is 0 Å². The highest BCUT2D eigenvalue weighted by atomic mass is 32.2. The van der Waals surface area contributed by atoms with Gasteiger partial charge < -0.3 is 14.7 Å². The molecule has 0 bridgehead atoms. The molecule has 2 aromatic carbocycles. The van der Waals surface area contributed by atoms with Crippen molar-refractivity contribution in [2.45, 2.75) is 31.3 Å². The summed E-state index contributed by atoms with van der Waals surface area (Å²) in [5.41, 5.74) is 0.733. The lowest BCUT2D eigenvalue weighted by molar-refractivity contribution is -0.0212. The zero-order chi connectivity index (χ0) is 21.6. The maximum atomic E-state index is 13.0. The maximum Gasteiger partial charge on any atom is 0.229 e. The molecule has 0 spiro atoms. The number of anilines is 1. The van der Waals surface area contributed by atoms with Gasteiger partial charge in [-0.25, -0.2) is 12.8 Å². The highest BCUT2D eigenvalue weighted by Gasteiger charge is 2.32. The molecule has 3 rings (SSSR count). The Morgan fingerprint density at radius 1 is 1.10 bits per heavy atom. The van der Waals surface area contributed by atoms with Crippen molar-refractivity contribution in [3.05, 3.63) is 59.9 Å². The van der Waals surface area contributed by atoms with Crippen LogP contribution < -0.4 is 9.46 Å². The van der Waals surface area contributed by atoms with E-state index >= 15 is 0 Å². The molecule has 0 atom stereocenters. The molecule has 1 aliphatic heterocycles. The van der Waals surface area contributed by atoms with Gasteiger partial charge in [0.15, 0.2) is 0 Å². The standard InChI is InChI=1S/C22H29FN2O4S/c1-30(27,28)24-20-7-9-21(10-8-20)29-16-2-13-25-14-11-22(26,12-15-25)17-18-3-5-19(23)6-4-18/h3-10,24,26H,2,11-17H2,1H3. The number of likely N-dealkylation sites (tertiary alicyclic amines) is 1. The molecule has 0 unspecified atom stereocenters. The second kappa shape index (κ2) is 9.76. The molecule has 0 aliphatic carbocycles. The van der Waals surface area contributed by atoms with E-state index in [9.17, 15) is 17.9 Å². The zero-order valence-electron chi connectivity index (χ0n) is 17.2. The summed E-state index contributed by atoms with van der Waals surface area (Å²) in [7, 11) is -3.28. The van der Waals surface area contributed by atoms with Crippen LogP contribution in [0, 0.1) is 5.82 Å². The Balaban J connectivity index is 1.35. The summed E-state index contributed by atoms with van der Waals surface area (Å²) in [6.45, 7) is 3.10. The van der Waals surface area contributed by atoms with Gasteiger partial charge in [0, 0.05) is 31.7 Å². The second-order valence-corrected chi connectivity index (χ2v) is 9.72. The largest absolute Gasteiger partial charge is 0.494 e. The summed E-state index contributed by atoms with van der Waals surface area (Å²) in [5, 5.41) is 10.8. The molecule has 0 amide bonds. The van der Waals surface area contributed by atoms with Crippen LogP contribution in [0.3, 0.4) is 0 Å². The molecule has 1 saturated heterocycles. The lowest BCUT2D eigenvalue weighted by atomic mass is 9.85. The van der Waals surface area contributed by atoms with Gasteiger partial charge in [0.2, 0.25) is 10.0 Å². The van der Waals surface area contributed by atoms with Gasteiger partial charge in [0.25, 0.3) is 0 Å². The fourth-order valence-corrected chi connectivity index (χ4v) is 4.23. The first kappa shape index (κ1) is 22.5. The summed E-state index contributed by atoms with van der Waals surface area (Å²) >= 11 is 0. The van der Waals surface area contributed by atoms with E-state index in [1.165, 1.54) is 12.1 Å². The Labute approximate surface area is 177 Å². The zero-order valence-corrected chi connectivity index (χ0v) is 18.0. The first-order chi connectivity index (χ1) is 14.2. The molecule has 2 N–H and O–H groups in total. The minimum Gasteiger partial charge on any atom is -0.494 e. The van der Waals surface area contributed by atoms with Gasteiger partial charge in [-0.1, -0.05) is 12.1 Å². The number of aliphatic hydroxyl groups is 1. The molecule has 2 aromatic rings. The molecule has 8 heteroatoms. The van der Waals surface area contributed by atoms with Crippen LogP contribution in [-0.2, 0) is 16.4 Å². The van der Waals surface area contributed by atoms with Crippen LogP contribution in [0.2, 0.25) is 0 Å². The third kappa shape index (κ3) is 7.27. The van der Waals surface area contributed by atoms with Crippen molar-refractivity contribution in [3.63, 3.8) is 0 Å². The van der Waals surface area contributed by atoms with Crippen molar-refractivity contribution in [2.24, 2.45) is 0 Å². The molecule has 1 aliphatic rings. The molecular formula is C22H29FN2O4S. The van der Waals surface area contributed by atoms with E-state index in [-0.39, 0.29) is 5.82 Å². The molecule has 6 nitrogen and oxygen atoms in total. The number of ether oxygens (including phenoxy) is 1. The summed E-state index contributed by atoms with van der Waals surface area (Å²) in [5.74, 6) is 0.436. The number of nitrogens with zero attached hydrogens (tertiary/aromatic N) is 1. The third-order valence-electron chi connectivity index (χ3n) is 5.28. The molecule has 0 aromatic heterocycles. The number of halogens is 1. The first-order valence-corrected chi connectivity index (χ1v) is 12.0. The summed E-state index contributed by atoms with van der Waals surface area (Å²) < 4.78 is 43.6. The van der Waals surface area contributed by atoms with E-state index in [1.807, 2.05) is 0 Å². The molecule has 0 saturated carbocycles. The number of rotatable bonds is 9. The molecule has 1 fully saturated rings. The monoisotopic (exact) mass is 436 g/mol. The van der Waals surface area contributed by atoms with E-state index in [1.54, 1.807) is 36.4 Å². The number of piperidine rings is 1. The van der Waals surface area contributed by atoms with Gasteiger partial charge in [0.1, 0.15) is 11.6 Å². The van der Waals surface area contributed by atoms with Crippen LogP contribution in [0.1, 0.15) is 24.8 Å². The van der Waals surface area contributed by atoms with Gasteiger partial charge in [-0.2, -0.15) is 0 Å². The summed E-state index contributed by atoms with van der Waals surface area (Å²) in [4.78, 5) is 2.32. The normalized spacial score (nSPS) is 16.9. The van der Waals surface area contributed by atoms with E-state index in [4.69, 9.17) is 4.74 Å². The average molecular weight is 437 g/mol. The smallest absolute Gasteiger partial charge is 0.229 e. The van der Waals surface area contributed by atoms with E-state index in [0.717, 1.165) is 37.9 Å². The van der Waals surface area contributed by atoms with E-state index < -0.39 is 15.6 Å². The number of nitrogens with one attached hydrogen (secondary N) is 1. The fraction of sp³-hybridized carbons (Fsp3) is 0.455. The lowest BCUT2D eigenvalue weighted by Crippen LogP contribution is -2.46. The molecular weight excluding hydrogens is 407 g/mol. The Hall–Kier alpha value is -2.16. The minimum absolute atomic E-state index is 0.260. The predicted molar refractivity (Wildman–Crippen MR) is 116 cm³/mol. The quantitative estimate of drug-likeness (QED) is 0.591. The van der Waals surface area contributed by atoms with Gasteiger partial charge in [-0.3, -0.25) is 4.72 Å². The number of benzene rings is 2. The lowest BCUT2D eigenvalue weighted by Gasteiger charge is -2.38. The van der Waals surface area contributed by atoms with Crippen LogP contribution in [0.4, 0.5) is 10.1 Å². The van der Waals surface area contributed by atoms with Crippen molar-refractivity contribution >= 4 is 15.7 Å². The molecule has 164 valence electrons. The van der Waals surface area contributed by atoms with Crippen LogP contribution in [0.5, 0.6) is 5.75 Å². The Morgan fingerprint density at radius 2 is 1.73 bits per heavy atom. The molecule has 30 heavy (non-hydrogen) atoms. The van der Waals surface area contributed by atoms with Gasteiger partial charge >= 0.3 is 0 Å². The summed E-state index contributed by atoms with van der Waals surface area (Å²) in [6.07, 6.45) is 3.91. The van der Waals surface area contributed by atoms with Crippen LogP contribution in [0.15, 0.2) is 48.5 Å². The topological polar surface area (TPSA) is 78.9 Å². The van der Waals surface area contributed by atoms with E-state index in [0.29, 0.717) is 37.3 Å². The Kier molecular flexibility index (Phi) is 7.33. The van der Waals surface area contributed by atoms with Crippen molar-refractivity contribution in [2.75, 3.05) is 37.2 Å². The molecule has 1 heterocycles. The SMILES string of the molecule is CS(=O)(=O)Nc1ccc(OCCCN2CCC(O)(Cc3ccc(F)cc3)CC2)cc1. The minimum atomic E-state index is -3.28. The van der Waals surface area contributed by atoms with Gasteiger partial charge in [0.05, 0.1) is 18.5 Å².